The molecule has 0 unspecified atom stereocenters. The van der Waals surface area contributed by atoms with Gasteiger partial charge in [0.1, 0.15) is 0 Å². The highest BCUT2D eigenvalue weighted by molar-refractivity contribution is 14.1. The van der Waals surface area contributed by atoms with Crippen molar-refractivity contribution >= 4 is 22.6 Å². The molecule has 1 fully saturated rings. The van der Waals surface area contributed by atoms with E-state index in [1.807, 2.05) is 0 Å². The second-order valence-corrected chi connectivity index (χ2v) is 4.12. The summed E-state index contributed by atoms with van der Waals surface area (Å²) in [4.78, 5) is 4.76. The first-order chi connectivity index (χ1) is 4.20. The third-order valence-corrected chi connectivity index (χ3v) is 3.12. The van der Waals surface area contributed by atoms with Crippen LogP contribution in [0.25, 0.3) is 0 Å². The Hall–Kier alpha value is 0.650. The van der Waals surface area contributed by atoms with Gasteiger partial charge in [-0.1, -0.05) is 22.6 Å². The van der Waals surface area contributed by atoms with Crippen molar-refractivity contribution in [2.24, 2.45) is 0 Å². The Balaban J connectivity index is 2.35. The molecule has 0 saturated carbocycles. The van der Waals surface area contributed by atoms with Crippen molar-refractivity contribution in [1.29, 1.82) is 0 Å². The predicted molar refractivity (Wildman–Crippen MR) is 47.9 cm³/mol. The molecule has 0 spiro atoms. The summed E-state index contributed by atoms with van der Waals surface area (Å²) in [5, 5.41) is 0. The fourth-order valence-electron chi connectivity index (χ4n) is 0.956. The minimum absolute atomic E-state index is 0.710. The van der Waals surface area contributed by atoms with Crippen molar-refractivity contribution in [3.63, 3.8) is 0 Å². The summed E-state index contributed by atoms with van der Waals surface area (Å²) in [6.07, 6.45) is 0. The standard InChI is InChI=1S/C6H13IN2/c1-8-3-4-9(2)6(7)5-8/h6H,3-5H2,1-2H3/t6-/m0/s1. The second kappa shape index (κ2) is 3.16. The van der Waals surface area contributed by atoms with Crippen LogP contribution in [0.2, 0.25) is 0 Å². The lowest BCUT2D eigenvalue weighted by Crippen LogP contribution is -2.46. The van der Waals surface area contributed by atoms with E-state index in [0.717, 1.165) is 0 Å². The Bertz CT molecular complexity index is 97.1. The summed E-state index contributed by atoms with van der Waals surface area (Å²) >= 11 is 2.48. The number of alkyl halides is 1. The maximum atomic E-state index is 2.48. The average Bonchev–Trinajstić information content (AvgIpc) is 1.80. The van der Waals surface area contributed by atoms with Gasteiger partial charge in [-0.3, -0.25) is 4.90 Å². The zero-order chi connectivity index (χ0) is 6.85. The molecule has 1 saturated heterocycles. The predicted octanol–water partition coefficient (Wildman–Crippen LogP) is 0.625. The van der Waals surface area contributed by atoms with Crippen LogP contribution < -0.4 is 0 Å². The molecule has 1 atom stereocenters. The highest BCUT2D eigenvalue weighted by Crippen LogP contribution is 2.11. The van der Waals surface area contributed by atoms with Crippen LogP contribution in [-0.2, 0) is 0 Å². The molecule has 0 N–H and O–H groups in total. The first-order valence-corrected chi connectivity index (χ1v) is 4.47. The average molecular weight is 240 g/mol. The molecule has 1 aliphatic heterocycles. The lowest BCUT2D eigenvalue weighted by atomic mass is 10.4. The Morgan fingerprint density at radius 1 is 1.33 bits per heavy atom. The first kappa shape index (κ1) is 7.75. The van der Waals surface area contributed by atoms with Gasteiger partial charge in [-0.05, 0) is 14.1 Å². The summed E-state index contributed by atoms with van der Waals surface area (Å²) in [5.74, 6) is 0. The molecule has 0 aliphatic carbocycles. The fourth-order valence-corrected chi connectivity index (χ4v) is 1.91. The topological polar surface area (TPSA) is 6.48 Å². The van der Waals surface area contributed by atoms with Crippen LogP contribution in [0.1, 0.15) is 0 Å². The van der Waals surface area contributed by atoms with E-state index in [0.29, 0.717) is 4.05 Å². The minimum atomic E-state index is 0.710. The SMILES string of the molecule is CN1CCN(C)[C@H](I)C1. The van der Waals surface area contributed by atoms with E-state index in [1.54, 1.807) is 0 Å². The van der Waals surface area contributed by atoms with E-state index in [4.69, 9.17) is 0 Å². The number of nitrogens with zero attached hydrogens (tertiary/aromatic N) is 2. The molecule has 0 aromatic heterocycles. The molecule has 2 nitrogen and oxygen atoms in total. The summed E-state index contributed by atoms with van der Waals surface area (Å²) in [7, 11) is 4.36. The van der Waals surface area contributed by atoms with Gasteiger partial charge in [0.25, 0.3) is 0 Å². The van der Waals surface area contributed by atoms with Gasteiger partial charge >= 0.3 is 0 Å². The van der Waals surface area contributed by atoms with Gasteiger partial charge in [-0.25, -0.2) is 0 Å². The second-order valence-electron chi connectivity index (χ2n) is 2.68. The fraction of sp³-hybridized carbons (Fsp3) is 1.00. The number of hydrogen-bond acceptors (Lipinski definition) is 2. The summed E-state index contributed by atoms with van der Waals surface area (Å²) in [5.41, 5.74) is 0. The molecule has 0 bridgehead atoms. The van der Waals surface area contributed by atoms with Crippen LogP contribution in [0.5, 0.6) is 0 Å². The maximum Gasteiger partial charge on any atom is 0.0745 e. The van der Waals surface area contributed by atoms with Crippen LogP contribution in [0.4, 0.5) is 0 Å². The molecule has 0 amide bonds. The maximum absolute atomic E-state index is 2.48. The molecule has 1 aliphatic rings. The molecule has 3 heteroatoms. The van der Waals surface area contributed by atoms with E-state index in [1.165, 1.54) is 19.6 Å². The van der Waals surface area contributed by atoms with Gasteiger partial charge in [0.15, 0.2) is 0 Å². The molecular weight excluding hydrogens is 227 g/mol. The van der Waals surface area contributed by atoms with Crippen molar-refractivity contribution in [3.8, 4) is 0 Å². The normalized spacial score (nSPS) is 33.0. The molecule has 9 heavy (non-hydrogen) atoms. The van der Waals surface area contributed by atoms with Gasteiger partial charge in [-0.2, -0.15) is 0 Å². The third kappa shape index (κ3) is 2.05. The molecule has 1 heterocycles. The first-order valence-electron chi connectivity index (χ1n) is 3.23. The third-order valence-electron chi connectivity index (χ3n) is 1.78. The Labute approximate surface area is 70.3 Å². The lowest BCUT2D eigenvalue weighted by Gasteiger charge is -2.34. The van der Waals surface area contributed by atoms with Crippen LogP contribution in [0.15, 0.2) is 0 Å². The number of halogens is 1. The van der Waals surface area contributed by atoms with Gasteiger partial charge in [-0.15, -0.1) is 0 Å². The molecule has 0 aromatic carbocycles. The van der Waals surface area contributed by atoms with Gasteiger partial charge in [0.05, 0.1) is 4.05 Å². The van der Waals surface area contributed by atoms with Crippen molar-refractivity contribution in [1.82, 2.24) is 9.80 Å². The molecule has 0 aromatic rings. The summed E-state index contributed by atoms with van der Waals surface area (Å²) < 4.78 is 0.710. The Morgan fingerprint density at radius 3 is 2.44 bits per heavy atom. The van der Waals surface area contributed by atoms with E-state index in [-0.39, 0.29) is 0 Å². The largest absolute Gasteiger partial charge is 0.303 e. The lowest BCUT2D eigenvalue weighted by molar-refractivity contribution is 0.170. The van der Waals surface area contributed by atoms with Crippen molar-refractivity contribution in [2.45, 2.75) is 4.05 Å². The van der Waals surface area contributed by atoms with Crippen LogP contribution in [-0.4, -0.2) is 47.6 Å². The van der Waals surface area contributed by atoms with E-state index >= 15 is 0 Å². The monoisotopic (exact) mass is 240 g/mol. The molecule has 1 rings (SSSR count). The number of hydrogen-bond donors (Lipinski definition) is 0. The van der Waals surface area contributed by atoms with Gasteiger partial charge in [0, 0.05) is 19.6 Å². The van der Waals surface area contributed by atoms with E-state index in [9.17, 15) is 0 Å². The number of piperazine rings is 1. The molecule has 0 radical (unpaired) electrons. The highest BCUT2D eigenvalue weighted by atomic mass is 127. The minimum Gasteiger partial charge on any atom is -0.303 e. The van der Waals surface area contributed by atoms with Crippen molar-refractivity contribution < 1.29 is 0 Å². The van der Waals surface area contributed by atoms with Crippen molar-refractivity contribution in [2.75, 3.05) is 33.7 Å². The van der Waals surface area contributed by atoms with Crippen molar-refractivity contribution in [3.05, 3.63) is 0 Å². The molecule has 54 valence electrons. The summed E-state index contributed by atoms with van der Waals surface area (Å²) in [6.45, 7) is 3.64. The number of likely N-dealkylation sites (N-methyl/N-ethyl adjacent to an activating group) is 2. The van der Waals surface area contributed by atoms with Gasteiger partial charge < -0.3 is 4.90 Å². The zero-order valence-electron chi connectivity index (χ0n) is 5.97. The highest BCUT2D eigenvalue weighted by Gasteiger charge is 2.18. The van der Waals surface area contributed by atoms with Gasteiger partial charge in [0.2, 0.25) is 0 Å². The Morgan fingerprint density at radius 2 is 2.00 bits per heavy atom. The quantitative estimate of drug-likeness (QED) is 0.348. The number of rotatable bonds is 0. The Kier molecular flexibility index (Phi) is 2.73. The summed E-state index contributed by atoms with van der Waals surface area (Å²) in [6, 6.07) is 0. The van der Waals surface area contributed by atoms with Crippen LogP contribution >= 0.6 is 22.6 Å². The van der Waals surface area contributed by atoms with Crippen LogP contribution in [0.3, 0.4) is 0 Å². The van der Waals surface area contributed by atoms with E-state index in [2.05, 4.69) is 46.5 Å². The zero-order valence-corrected chi connectivity index (χ0v) is 8.13. The molecular formula is C6H13IN2. The van der Waals surface area contributed by atoms with E-state index < -0.39 is 0 Å². The van der Waals surface area contributed by atoms with Crippen LogP contribution in [0, 0.1) is 0 Å². The smallest absolute Gasteiger partial charge is 0.0745 e.